The second kappa shape index (κ2) is 6.59. The van der Waals surface area contributed by atoms with Crippen molar-refractivity contribution in [1.29, 1.82) is 0 Å². The minimum Gasteiger partial charge on any atom is -0.497 e. The van der Waals surface area contributed by atoms with Crippen LogP contribution in [0.4, 0.5) is 0 Å². The highest BCUT2D eigenvalue weighted by atomic mass is 16.5. The Balaban J connectivity index is 1.48. The zero-order chi connectivity index (χ0) is 18.1. The Morgan fingerprint density at radius 1 is 1.19 bits per heavy atom. The largest absolute Gasteiger partial charge is 0.497 e. The van der Waals surface area contributed by atoms with Gasteiger partial charge in [0.15, 0.2) is 0 Å². The molecule has 0 bridgehead atoms. The molecule has 2 heterocycles. The van der Waals surface area contributed by atoms with Gasteiger partial charge in [-0.15, -0.1) is 0 Å². The number of ether oxygens (including phenoxy) is 1. The Morgan fingerprint density at radius 3 is 2.88 bits per heavy atom. The van der Waals surface area contributed by atoms with Crippen LogP contribution in [0.1, 0.15) is 15.9 Å². The smallest absolute Gasteiger partial charge is 0.253 e. The monoisotopic (exact) mass is 347 g/mol. The van der Waals surface area contributed by atoms with E-state index in [0.717, 1.165) is 39.5 Å². The molecular formula is C21H21N3O2. The minimum atomic E-state index is -0.0424. The first-order valence-corrected chi connectivity index (χ1v) is 8.63. The lowest BCUT2D eigenvalue weighted by molar-refractivity contribution is 0.0955. The van der Waals surface area contributed by atoms with Gasteiger partial charge in [0.05, 0.1) is 12.7 Å². The number of carbonyl (C=O) groups excluding carboxylic acids is 1. The first-order valence-electron chi connectivity index (χ1n) is 8.63. The maximum absolute atomic E-state index is 12.6. The lowest BCUT2D eigenvalue weighted by Gasteiger charge is -2.05. The molecule has 5 heteroatoms. The van der Waals surface area contributed by atoms with E-state index >= 15 is 0 Å². The lowest BCUT2D eigenvalue weighted by Crippen LogP contribution is -2.25. The summed E-state index contributed by atoms with van der Waals surface area (Å²) in [5, 5.41) is 5.14. The summed E-state index contributed by atoms with van der Waals surface area (Å²) in [6.07, 6.45) is 4.63. The number of rotatable bonds is 5. The molecule has 0 unspecified atom stereocenters. The second-order valence-corrected chi connectivity index (χ2v) is 6.40. The number of H-pyrrole nitrogens is 1. The first-order chi connectivity index (χ1) is 12.7. The van der Waals surface area contributed by atoms with E-state index in [1.54, 1.807) is 7.11 Å². The number of nitrogens with zero attached hydrogens (tertiary/aromatic N) is 1. The second-order valence-electron chi connectivity index (χ2n) is 6.40. The summed E-state index contributed by atoms with van der Waals surface area (Å²) >= 11 is 0. The molecule has 132 valence electrons. The molecule has 0 saturated carbocycles. The van der Waals surface area contributed by atoms with E-state index in [4.69, 9.17) is 4.74 Å². The van der Waals surface area contributed by atoms with Crippen molar-refractivity contribution < 1.29 is 9.53 Å². The Bertz CT molecular complexity index is 1090. The van der Waals surface area contributed by atoms with Crippen molar-refractivity contribution in [2.45, 2.75) is 6.42 Å². The van der Waals surface area contributed by atoms with Crippen LogP contribution in [-0.2, 0) is 13.5 Å². The number of nitrogens with one attached hydrogen (secondary N) is 2. The average Bonchev–Trinajstić information content (AvgIpc) is 3.23. The van der Waals surface area contributed by atoms with Gasteiger partial charge in [-0.2, -0.15) is 0 Å². The average molecular weight is 347 g/mol. The van der Waals surface area contributed by atoms with E-state index in [1.165, 1.54) is 0 Å². The van der Waals surface area contributed by atoms with Crippen molar-refractivity contribution >= 4 is 27.7 Å². The van der Waals surface area contributed by atoms with E-state index in [2.05, 4.69) is 10.3 Å². The Hall–Kier alpha value is -3.21. The molecule has 26 heavy (non-hydrogen) atoms. The van der Waals surface area contributed by atoms with Crippen LogP contribution in [-0.4, -0.2) is 29.1 Å². The first kappa shape index (κ1) is 16.3. The van der Waals surface area contributed by atoms with E-state index in [9.17, 15) is 4.79 Å². The molecule has 4 aromatic rings. The molecule has 0 spiro atoms. The van der Waals surface area contributed by atoms with Crippen molar-refractivity contribution in [3.05, 3.63) is 66.0 Å². The van der Waals surface area contributed by atoms with E-state index in [-0.39, 0.29) is 5.91 Å². The summed E-state index contributed by atoms with van der Waals surface area (Å²) in [5.41, 5.74) is 4.00. The van der Waals surface area contributed by atoms with Crippen LogP contribution < -0.4 is 10.1 Å². The number of methoxy groups -OCH3 is 1. The van der Waals surface area contributed by atoms with Crippen LogP contribution in [0.5, 0.6) is 5.75 Å². The Kier molecular flexibility index (Phi) is 4.13. The van der Waals surface area contributed by atoms with Crippen LogP contribution in [0, 0.1) is 0 Å². The van der Waals surface area contributed by atoms with Gasteiger partial charge in [0, 0.05) is 47.8 Å². The van der Waals surface area contributed by atoms with Gasteiger partial charge in [0.2, 0.25) is 0 Å². The molecule has 0 aliphatic carbocycles. The number of fused-ring (bicyclic) bond motifs is 2. The molecule has 0 aliphatic rings. The summed E-state index contributed by atoms with van der Waals surface area (Å²) in [6, 6.07) is 13.9. The van der Waals surface area contributed by atoms with Crippen LogP contribution in [0.15, 0.2) is 54.9 Å². The third kappa shape index (κ3) is 2.81. The molecule has 5 nitrogen and oxygen atoms in total. The van der Waals surface area contributed by atoms with Crippen molar-refractivity contribution in [2.24, 2.45) is 7.05 Å². The highest BCUT2D eigenvalue weighted by Crippen LogP contribution is 2.24. The number of benzene rings is 2. The van der Waals surface area contributed by atoms with Gasteiger partial charge in [0.25, 0.3) is 5.91 Å². The summed E-state index contributed by atoms with van der Waals surface area (Å²) in [7, 11) is 3.62. The molecule has 0 saturated heterocycles. The van der Waals surface area contributed by atoms with E-state index in [1.807, 2.05) is 66.5 Å². The molecule has 0 fully saturated rings. The van der Waals surface area contributed by atoms with Gasteiger partial charge in [-0.05, 0) is 36.2 Å². The number of aromatic nitrogens is 2. The Labute approximate surface area is 151 Å². The third-order valence-corrected chi connectivity index (χ3v) is 4.80. The van der Waals surface area contributed by atoms with Crippen LogP contribution in [0.3, 0.4) is 0 Å². The molecule has 2 N–H and O–H groups in total. The molecule has 1 amide bonds. The van der Waals surface area contributed by atoms with Crippen molar-refractivity contribution in [1.82, 2.24) is 14.9 Å². The van der Waals surface area contributed by atoms with Crippen molar-refractivity contribution in [3.8, 4) is 5.75 Å². The fourth-order valence-corrected chi connectivity index (χ4v) is 3.42. The van der Waals surface area contributed by atoms with Gasteiger partial charge in [-0.25, -0.2) is 0 Å². The maximum Gasteiger partial charge on any atom is 0.253 e. The van der Waals surface area contributed by atoms with Gasteiger partial charge < -0.3 is 19.6 Å². The lowest BCUT2D eigenvalue weighted by atomic mass is 10.1. The molecule has 0 radical (unpaired) electrons. The van der Waals surface area contributed by atoms with E-state index < -0.39 is 0 Å². The maximum atomic E-state index is 12.6. The normalized spacial score (nSPS) is 11.2. The number of aromatic amines is 1. The predicted octanol–water partition coefficient (Wildman–Crippen LogP) is 3.64. The van der Waals surface area contributed by atoms with Crippen LogP contribution >= 0.6 is 0 Å². The zero-order valence-corrected chi connectivity index (χ0v) is 14.9. The fourth-order valence-electron chi connectivity index (χ4n) is 3.42. The number of carbonyl (C=O) groups is 1. The van der Waals surface area contributed by atoms with Gasteiger partial charge in [-0.1, -0.05) is 18.2 Å². The molecule has 0 aliphatic heterocycles. The number of hydrogen-bond donors (Lipinski definition) is 2. The predicted molar refractivity (Wildman–Crippen MR) is 104 cm³/mol. The highest BCUT2D eigenvalue weighted by Gasteiger charge is 2.13. The van der Waals surface area contributed by atoms with Crippen molar-refractivity contribution in [3.63, 3.8) is 0 Å². The molecule has 0 atom stereocenters. The summed E-state index contributed by atoms with van der Waals surface area (Å²) in [6.45, 7) is 0.576. The quantitative estimate of drug-likeness (QED) is 0.579. The molecule has 2 aromatic carbocycles. The van der Waals surface area contributed by atoms with Gasteiger partial charge in [0.1, 0.15) is 5.75 Å². The third-order valence-electron chi connectivity index (χ3n) is 4.80. The zero-order valence-electron chi connectivity index (χ0n) is 14.9. The summed E-state index contributed by atoms with van der Waals surface area (Å²) < 4.78 is 7.29. The Morgan fingerprint density at radius 2 is 2.04 bits per heavy atom. The summed E-state index contributed by atoms with van der Waals surface area (Å²) in [5.74, 6) is 0.789. The van der Waals surface area contributed by atoms with E-state index in [0.29, 0.717) is 12.1 Å². The fraction of sp³-hybridized carbons (Fsp3) is 0.190. The number of aryl methyl sites for hydroxylation is 1. The van der Waals surface area contributed by atoms with Crippen molar-refractivity contribution in [2.75, 3.05) is 13.7 Å². The number of amides is 1. The highest BCUT2D eigenvalue weighted by molar-refractivity contribution is 6.07. The summed E-state index contributed by atoms with van der Waals surface area (Å²) in [4.78, 5) is 15.9. The van der Waals surface area contributed by atoms with Gasteiger partial charge in [-0.3, -0.25) is 4.79 Å². The van der Waals surface area contributed by atoms with Crippen LogP contribution in [0.25, 0.3) is 21.8 Å². The molecule has 4 rings (SSSR count). The molecular weight excluding hydrogens is 326 g/mol. The van der Waals surface area contributed by atoms with Gasteiger partial charge >= 0.3 is 0 Å². The number of para-hydroxylation sites is 1. The number of hydrogen-bond acceptors (Lipinski definition) is 2. The SMILES string of the molecule is COc1ccc2[nH]cc(CCNC(=O)c3cn(C)c4ccccc34)c2c1. The standard InChI is InChI=1S/C21H21N3O2/c1-24-13-18(16-5-3-4-6-20(16)24)21(25)22-10-9-14-12-23-19-8-7-15(26-2)11-17(14)19/h3-8,11-13,23H,9-10H2,1-2H3,(H,22,25). The van der Waals surface area contributed by atoms with Crippen LogP contribution in [0.2, 0.25) is 0 Å². The minimum absolute atomic E-state index is 0.0424. The molecule has 2 aromatic heterocycles. The topological polar surface area (TPSA) is 59.0 Å².